The smallest absolute Gasteiger partial charge is 0.147 e. The monoisotopic (exact) mass is 263 g/mol. The van der Waals surface area contributed by atoms with Crippen LogP contribution in [0, 0.1) is 11.8 Å². The highest BCUT2D eigenvalue weighted by molar-refractivity contribution is 8.76. The average Bonchev–Trinajstić information content (AvgIpc) is 2.22. The van der Waals surface area contributed by atoms with E-state index in [9.17, 15) is 9.59 Å². The third-order valence-corrected chi connectivity index (χ3v) is 4.84. The summed E-state index contributed by atoms with van der Waals surface area (Å²) in [6.45, 7) is 7.28. The van der Waals surface area contributed by atoms with Crippen LogP contribution in [0.2, 0.25) is 0 Å². The third kappa shape index (κ3) is 6.55. The molecule has 94 valence electrons. The molecule has 0 heterocycles. The summed E-state index contributed by atoms with van der Waals surface area (Å²) in [7, 11) is 3.18. The molecule has 0 spiro atoms. The van der Waals surface area contributed by atoms with Crippen LogP contribution in [0.5, 0.6) is 0 Å². The molecule has 0 saturated heterocycles. The highest BCUT2D eigenvalue weighted by atomic mass is 33.1. The molecule has 5 heteroatoms. The molecule has 0 aliphatic rings. The quantitative estimate of drug-likeness (QED) is 0.537. The van der Waals surface area contributed by atoms with Crippen LogP contribution in [-0.2, 0) is 9.59 Å². The van der Waals surface area contributed by atoms with Crippen LogP contribution in [0.25, 0.3) is 0 Å². The first-order valence-corrected chi connectivity index (χ1v) is 7.89. The largest absolute Gasteiger partial charge is 0.321 e. The number of Topliss-reactive ketones (excluding diaryl/α,β-unsaturated/α-hetero) is 2. The molecule has 0 rings (SSSR count). The minimum absolute atomic E-state index is 0.0133. The minimum Gasteiger partial charge on any atom is -0.321 e. The molecule has 16 heavy (non-hydrogen) atoms. The van der Waals surface area contributed by atoms with Crippen molar-refractivity contribution >= 4 is 33.2 Å². The summed E-state index contributed by atoms with van der Waals surface area (Å²) in [4.78, 5) is 22.4. The first-order chi connectivity index (χ1) is 7.36. The molecule has 2 unspecified atom stereocenters. The number of rotatable bonds is 8. The van der Waals surface area contributed by atoms with Gasteiger partial charge >= 0.3 is 0 Å². The molecule has 0 aromatic rings. The van der Waals surface area contributed by atoms with Crippen molar-refractivity contribution in [2.24, 2.45) is 17.6 Å². The second-order valence-electron chi connectivity index (χ2n) is 4.24. The van der Waals surface area contributed by atoms with Gasteiger partial charge in [0.2, 0.25) is 0 Å². The lowest BCUT2D eigenvalue weighted by molar-refractivity contribution is -0.124. The van der Waals surface area contributed by atoms with Crippen molar-refractivity contribution in [3.05, 3.63) is 0 Å². The van der Waals surface area contributed by atoms with Gasteiger partial charge in [-0.1, -0.05) is 42.4 Å². The van der Waals surface area contributed by atoms with Crippen LogP contribution in [0.3, 0.4) is 0 Å². The predicted molar refractivity (Wildman–Crippen MR) is 72.6 cm³/mol. The van der Waals surface area contributed by atoms with Gasteiger partial charge in [-0.3, -0.25) is 9.59 Å². The zero-order valence-electron chi connectivity index (χ0n) is 10.4. The lowest BCUT2D eigenvalue weighted by Crippen LogP contribution is -2.30. The molecule has 0 saturated carbocycles. The lowest BCUT2D eigenvalue weighted by Gasteiger charge is -2.12. The van der Waals surface area contributed by atoms with E-state index in [2.05, 4.69) is 0 Å². The van der Waals surface area contributed by atoms with E-state index < -0.39 is 0 Å². The van der Waals surface area contributed by atoms with Gasteiger partial charge in [-0.25, -0.2) is 0 Å². The van der Waals surface area contributed by atoms with Crippen LogP contribution >= 0.6 is 21.6 Å². The topological polar surface area (TPSA) is 60.2 Å². The molecule has 0 amide bonds. The Bertz CT molecular complexity index is 244. The van der Waals surface area contributed by atoms with Crippen LogP contribution in [-0.4, -0.2) is 29.1 Å². The Morgan fingerprint density at radius 2 is 1.62 bits per heavy atom. The van der Waals surface area contributed by atoms with Gasteiger partial charge in [0.15, 0.2) is 0 Å². The van der Waals surface area contributed by atoms with Crippen molar-refractivity contribution in [3.63, 3.8) is 0 Å². The number of hydrogen-bond donors (Lipinski definition) is 1. The number of hydrogen-bond acceptors (Lipinski definition) is 5. The van der Waals surface area contributed by atoms with Gasteiger partial charge in [0.05, 0.1) is 6.04 Å². The summed E-state index contributed by atoms with van der Waals surface area (Å²) in [5.74, 6) is 1.88. The van der Waals surface area contributed by atoms with Crippen LogP contribution in [0.1, 0.15) is 27.7 Å². The van der Waals surface area contributed by atoms with E-state index in [4.69, 9.17) is 5.73 Å². The molecule has 2 N–H and O–H groups in total. The molecule has 0 radical (unpaired) electrons. The Kier molecular flexibility index (Phi) is 8.14. The summed E-state index contributed by atoms with van der Waals surface area (Å²) in [5.41, 5.74) is 5.59. The summed E-state index contributed by atoms with van der Waals surface area (Å²) < 4.78 is 0. The first-order valence-electron chi connectivity index (χ1n) is 5.40. The highest BCUT2D eigenvalue weighted by Gasteiger charge is 2.16. The SMILES string of the molecule is CC(=O)C(N)CSSCC(C)C(=O)C(C)C. The van der Waals surface area contributed by atoms with Crippen molar-refractivity contribution in [1.29, 1.82) is 0 Å². The van der Waals surface area contributed by atoms with E-state index in [1.54, 1.807) is 21.6 Å². The number of carbonyl (C=O) groups excluding carboxylic acids is 2. The van der Waals surface area contributed by atoms with Gasteiger partial charge in [0.25, 0.3) is 0 Å². The van der Waals surface area contributed by atoms with Crippen LogP contribution < -0.4 is 5.73 Å². The maximum atomic E-state index is 11.6. The maximum absolute atomic E-state index is 11.6. The Morgan fingerprint density at radius 3 is 2.06 bits per heavy atom. The summed E-state index contributed by atoms with van der Waals surface area (Å²) in [6, 6.07) is -0.381. The van der Waals surface area contributed by atoms with Crippen molar-refractivity contribution in [1.82, 2.24) is 0 Å². The zero-order chi connectivity index (χ0) is 12.7. The number of carbonyl (C=O) groups is 2. The van der Waals surface area contributed by atoms with Gasteiger partial charge < -0.3 is 5.73 Å². The van der Waals surface area contributed by atoms with Gasteiger partial charge in [-0.05, 0) is 6.92 Å². The Labute approximate surface area is 106 Å². The van der Waals surface area contributed by atoms with Crippen molar-refractivity contribution in [3.8, 4) is 0 Å². The molecular weight excluding hydrogens is 242 g/mol. The van der Waals surface area contributed by atoms with Crippen molar-refractivity contribution in [2.45, 2.75) is 33.7 Å². The Hall–Kier alpha value is -0.0000000000000000555. The summed E-state index contributed by atoms with van der Waals surface area (Å²) >= 11 is 0. The molecule has 0 fully saturated rings. The van der Waals surface area contributed by atoms with Gasteiger partial charge in [-0.15, -0.1) is 0 Å². The second kappa shape index (κ2) is 8.14. The molecule has 0 bridgehead atoms. The molecule has 3 nitrogen and oxygen atoms in total. The second-order valence-corrected chi connectivity index (χ2v) is 6.80. The molecular formula is C11H21NO2S2. The van der Waals surface area contributed by atoms with E-state index in [1.165, 1.54) is 6.92 Å². The van der Waals surface area contributed by atoms with Gasteiger partial charge in [0.1, 0.15) is 11.6 Å². The van der Waals surface area contributed by atoms with E-state index in [-0.39, 0.29) is 23.7 Å². The van der Waals surface area contributed by atoms with E-state index >= 15 is 0 Å². The van der Waals surface area contributed by atoms with Crippen LogP contribution in [0.15, 0.2) is 0 Å². The van der Waals surface area contributed by atoms with E-state index in [1.807, 2.05) is 20.8 Å². The maximum Gasteiger partial charge on any atom is 0.147 e. The average molecular weight is 263 g/mol. The van der Waals surface area contributed by atoms with Crippen LogP contribution in [0.4, 0.5) is 0 Å². The standard InChI is InChI=1S/C11H21NO2S2/c1-7(2)11(14)8(3)5-15-16-6-10(12)9(4)13/h7-8,10H,5-6,12H2,1-4H3. The molecule has 0 aliphatic carbocycles. The normalized spacial score (nSPS) is 14.9. The number of nitrogens with two attached hydrogens (primary N) is 1. The Morgan fingerprint density at radius 1 is 1.12 bits per heavy atom. The lowest BCUT2D eigenvalue weighted by atomic mass is 9.99. The summed E-state index contributed by atoms with van der Waals surface area (Å²) in [6.07, 6.45) is 0. The first kappa shape index (κ1) is 16.0. The zero-order valence-corrected chi connectivity index (χ0v) is 12.0. The molecule has 0 aromatic heterocycles. The third-order valence-electron chi connectivity index (χ3n) is 2.23. The predicted octanol–water partition coefficient (Wildman–Crippen LogP) is 2.15. The van der Waals surface area contributed by atoms with Gasteiger partial charge in [0, 0.05) is 23.3 Å². The molecule has 0 aromatic carbocycles. The fraction of sp³-hybridized carbons (Fsp3) is 0.818. The van der Waals surface area contributed by atoms with Gasteiger partial charge in [-0.2, -0.15) is 0 Å². The van der Waals surface area contributed by atoms with E-state index in [0.717, 1.165) is 5.75 Å². The summed E-state index contributed by atoms with van der Waals surface area (Å²) in [5, 5.41) is 0. The van der Waals surface area contributed by atoms with E-state index in [0.29, 0.717) is 11.5 Å². The van der Waals surface area contributed by atoms with Crippen molar-refractivity contribution < 1.29 is 9.59 Å². The number of ketones is 2. The minimum atomic E-state index is -0.381. The Balaban J connectivity index is 3.67. The van der Waals surface area contributed by atoms with Crippen molar-refractivity contribution in [2.75, 3.05) is 11.5 Å². The molecule has 0 aliphatic heterocycles. The fourth-order valence-electron chi connectivity index (χ4n) is 1.04. The fourth-order valence-corrected chi connectivity index (χ4v) is 3.61. The molecule has 2 atom stereocenters. The highest BCUT2D eigenvalue weighted by Crippen LogP contribution is 2.25.